The molecule has 4 nitrogen and oxygen atoms in total. The molecular formula is C19H19FN4S. The number of hydrogen-bond acceptors (Lipinski definition) is 4. The van der Waals surface area contributed by atoms with E-state index in [0.29, 0.717) is 11.8 Å². The van der Waals surface area contributed by atoms with Gasteiger partial charge in [0.15, 0.2) is 0 Å². The van der Waals surface area contributed by atoms with Crippen molar-refractivity contribution in [3.8, 4) is 11.3 Å². The minimum atomic E-state index is -0.205. The summed E-state index contributed by atoms with van der Waals surface area (Å²) in [6.07, 6.45) is 2.94. The lowest BCUT2D eigenvalue weighted by Gasteiger charge is -2.15. The Labute approximate surface area is 149 Å². The molecule has 0 radical (unpaired) electrons. The second kappa shape index (κ2) is 5.75. The number of thiazole rings is 1. The number of aryl methyl sites for hydroxylation is 1. The third-order valence-electron chi connectivity index (χ3n) is 5.49. The molecule has 1 aliphatic carbocycles. The normalized spacial score (nSPS) is 22.3. The SMILES string of the molecule is Cn1nc(-c2cccc(F)c2)c2c1C[C@@H]1CN(Cc3nccs3)C[C@H]21. The van der Waals surface area contributed by atoms with Crippen molar-refractivity contribution in [2.24, 2.45) is 13.0 Å². The number of rotatable bonds is 3. The Hall–Kier alpha value is -2.05. The van der Waals surface area contributed by atoms with Crippen LogP contribution in [-0.4, -0.2) is 32.8 Å². The van der Waals surface area contributed by atoms with Crippen LogP contribution in [0, 0.1) is 11.7 Å². The second-order valence-electron chi connectivity index (χ2n) is 7.03. The highest BCUT2D eigenvalue weighted by molar-refractivity contribution is 7.09. The molecule has 1 aromatic carbocycles. The van der Waals surface area contributed by atoms with Gasteiger partial charge in [0.2, 0.25) is 0 Å². The minimum absolute atomic E-state index is 0.205. The Bertz CT molecular complexity index is 918. The van der Waals surface area contributed by atoms with Gasteiger partial charge in [-0.05, 0) is 24.5 Å². The zero-order chi connectivity index (χ0) is 17.0. The molecule has 3 aromatic rings. The van der Waals surface area contributed by atoms with E-state index in [2.05, 4.69) is 9.88 Å². The average Bonchev–Trinajstić information content (AvgIpc) is 3.32. The van der Waals surface area contributed by atoms with Crippen LogP contribution in [-0.2, 0) is 20.0 Å². The van der Waals surface area contributed by atoms with Gasteiger partial charge in [0.25, 0.3) is 0 Å². The van der Waals surface area contributed by atoms with E-state index in [1.54, 1.807) is 23.5 Å². The van der Waals surface area contributed by atoms with E-state index in [1.165, 1.54) is 22.3 Å². The first-order valence-corrected chi connectivity index (χ1v) is 9.49. The summed E-state index contributed by atoms with van der Waals surface area (Å²) in [5, 5.41) is 7.94. The fourth-order valence-corrected chi connectivity index (χ4v) is 5.11. The van der Waals surface area contributed by atoms with Crippen LogP contribution in [0.25, 0.3) is 11.3 Å². The predicted octanol–water partition coefficient (Wildman–Crippen LogP) is 3.45. The van der Waals surface area contributed by atoms with Crippen LogP contribution in [0.4, 0.5) is 4.39 Å². The van der Waals surface area contributed by atoms with Crippen molar-refractivity contribution in [3.05, 3.63) is 57.9 Å². The zero-order valence-corrected chi connectivity index (χ0v) is 14.8. The van der Waals surface area contributed by atoms with Gasteiger partial charge in [0, 0.05) is 54.5 Å². The van der Waals surface area contributed by atoms with Crippen LogP contribution in [0.15, 0.2) is 35.8 Å². The van der Waals surface area contributed by atoms with E-state index in [0.717, 1.165) is 37.3 Å². The molecule has 2 atom stereocenters. The van der Waals surface area contributed by atoms with Crippen molar-refractivity contribution >= 4 is 11.3 Å². The number of likely N-dealkylation sites (tertiary alicyclic amines) is 1. The number of aromatic nitrogens is 3. The maximum Gasteiger partial charge on any atom is 0.123 e. The number of halogens is 1. The Balaban J connectivity index is 1.47. The zero-order valence-electron chi connectivity index (χ0n) is 14.0. The molecule has 0 spiro atoms. The first-order chi connectivity index (χ1) is 12.2. The van der Waals surface area contributed by atoms with E-state index in [4.69, 9.17) is 5.10 Å². The molecule has 0 saturated carbocycles. The average molecular weight is 354 g/mol. The molecule has 3 heterocycles. The van der Waals surface area contributed by atoms with Crippen LogP contribution in [0.3, 0.4) is 0 Å². The lowest BCUT2D eigenvalue weighted by Crippen LogP contribution is -2.21. The Morgan fingerprint density at radius 2 is 2.24 bits per heavy atom. The third kappa shape index (κ3) is 2.51. The van der Waals surface area contributed by atoms with Crippen LogP contribution in [0.1, 0.15) is 22.2 Å². The molecule has 25 heavy (non-hydrogen) atoms. The summed E-state index contributed by atoms with van der Waals surface area (Å²) in [6, 6.07) is 6.81. The van der Waals surface area contributed by atoms with Crippen LogP contribution in [0.5, 0.6) is 0 Å². The van der Waals surface area contributed by atoms with E-state index in [1.807, 2.05) is 29.4 Å². The molecule has 0 N–H and O–H groups in total. The van der Waals surface area contributed by atoms with Crippen molar-refractivity contribution in [1.82, 2.24) is 19.7 Å². The molecule has 0 amide bonds. The largest absolute Gasteiger partial charge is 0.296 e. The van der Waals surface area contributed by atoms with Gasteiger partial charge >= 0.3 is 0 Å². The van der Waals surface area contributed by atoms with E-state index in [-0.39, 0.29) is 5.82 Å². The summed E-state index contributed by atoms with van der Waals surface area (Å²) in [5.74, 6) is 0.914. The van der Waals surface area contributed by atoms with Gasteiger partial charge in [-0.3, -0.25) is 9.58 Å². The van der Waals surface area contributed by atoms with Crippen molar-refractivity contribution in [2.45, 2.75) is 18.9 Å². The van der Waals surface area contributed by atoms with Crippen molar-refractivity contribution in [2.75, 3.05) is 13.1 Å². The van der Waals surface area contributed by atoms with Gasteiger partial charge in [0.1, 0.15) is 10.8 Å². The summed E-state index contributed by atoms with van der Waals surface area (Å²) < 4.78 is 15.7. The Morgan fingerprint density at radius 1 is 1.32 bits per heavy atom. The van der Waals surface area contributed by atoms with Crippen molar-refractivity contribution < 1.29 is 4.39 Å². The first kappa shape index (κ1) is 15.2. The number of hydrogen-bond donors (Lipinski definition) is 0. The minimum Gasteiger partial charge on any atom is -0.296 e. The summed E-state index contributed by atoms with van der Waals surface area (Å²) >= 11 is 1.72. The van der Waals surface area contributed by atoms with Crippen molar-refractivity contribution in [1.29, 1.82) is 0 Å². The molecule has 1 fully saturated rings. The quantitative estimate of drug-likeness (QED) is 0.722. The molecule has 1 saturated heterocycles. The van der Waals surface area contributed by atoms with E-state index in [9.17, 15) is 4.39 Å². The van der Waals surface area contributed by atoms with Gasteiger partial charge < -0.3 is 0 Å². The first-order valence-electron chi connectivity index (χ1n) is 8.61. The van der Waals surface area contributed by atoms with Gasteiger partial charge in [-0.15, -0.1) is 11.3 Å². The van der Waals surface area contributed by atoms with Gasteiger partial charge in [-0.1, -0.05) is 12.1 Å². The van der Waals surface area contributed by atoms with Crippen LogP contribution < -0.4 is 0 Å². The summed E-state index contributed by atoms with van der Waals surface area (Å²) in [7, 11) is 2.01. The topological polar surface area (TPSA) is 34.0 Å². The fraction of sp³-hybridized carbons (Fsp3) is 0.368. The summed E-state index contributed by atoms with van der Waals surface area (Å²) in [4.78, 5) is 6.92. The molecule has 128 valence electrons. The number of nitrogens with zero attached hydrogens (tertiary/aromatic N) is 4. The summed E-state index contributed by atoms with van der Waals surface area (Å²) in [5.41, 5.74) is 4.50. The molecule has 6 heteroatoms. The standard InChI is InChI=1S/C19H19FN4S/c1-23-16-8-13-9-24(11-17-21-5-6-25-17)10-15(13)18(16)19(22-23)12-3-2-4-14(20)7-12/h2-7,13,15H,8-11H2,1H3/t13-,15+/m1/s1. The van der Waals surface area contributed by atoms with Crippen LogP contribution in [0.2, 0.25) is 0 Å². The summed E-state index contributed by atoms with van der Waals surface area (Å²) in [6.45, 7) is 3.06. The Morgan fingerprint density at radius 3 is 3.04 bits per heavy atom. The second-order valence-corrected chi connectivity index (χ2v) is 8.01. The Kier molecular flexibility index (Phi) is 3.50. The monoisotopic (exact) mass is 354 g/mol. The fourth-order valence-electron chi connectivity index (χ4n) is 4.45. The van der Waals surface area contributed by atoms with E-state index < -0.39 is 0 Å². The third-order valence-corrected chi connectivity index (χ3v) is 6.25. The van der Waals surface area contributed by atoms with E-state index >= 15 is 0 Å². The number of fused-ring (bicyclic) bond motifs is 3. The lowest BCUT2D eigenvalue weighted by molar-refractivity contribution is 0.313. The lowest BCUT2D eigenvalue weighted by atomic mass is 9.94. The van der Waals surface area contributed by atoms with Gasteiger partial charge in [0.05, 0.1) is 12.2 Å². The number of benzene rings is 1. The molecule has 0 bridgehead atoms. The van der Waals surface area contributed by atoms with Gasteiger partial charge in [-0.2, -0.15) is 5.10 Å². The highest BCUT2D eigenvalue weighted by atomic mass is 32.1. The maximum absolute atomic E-state index is 13.7. The molecule has 1 aliphatic heterocycles. The van der Waals surface area contributed by atoms with Crippen molar-refractivity contribution in [3.63, 3.8) is 0 Å². The molecule has 5 rings (SSSR count). The smallest absolute Gasteiger partial charge is 0.123 e. The van der Waals surface area contributed by atoms with Crippen LogP contribution >= 0.6 is 11.3 Å². The molecular weight excluding hydrogens is 335 g/mol. The maximum atomic E-state index is 13.7. The molecule has 2 aromatic heterocycles. The molecule has 0 unspecified atom stereocenters. The van der Waals surface area contributed by atoms with Gasteiger partial charge in [-0.25, -0.2) is 9.37 Å². The highest BCUT2D eigenvalue weighted by Gasteiger charge is 2.43. The predicted molar refractivity (Wildman–Crippen MR) is 95.9 cm³/mol. The molecule has 2 aliphatic rings. The highest BCUT2D eigenvalue weighted by Crippen LogP contribution is 2.47.